The summed E-state index contributed by atoms with van der Waals surface area (Å²) in [6.07, 6.45) is 31.7. The van der Waals surface area contributed by atoms with Gasteiger partial charge in [0.15, 0.2) is 6.10 Å². The van der Waals surface area contributed by atoms with Crippen molar-refractivity contribution in [3.63, 3.8) is 0 Å². The van der Waals surface area contributed by atoms with E-state index in [0.717, 1.165) is 56.0 Å². The van der Waals surface area contributed by atoms with E-state index in [1.54, 1.807) is 35.0 Å². The monoisotopic (exact) mass is 1280 g/mol. The highest BCUT2D eigenvalue weighted by molar-refractivity contribution is 7.47. The summed E-state index contributed by atoms with van der Waals surface area (Å²) in [7, 11) is -3.01. The van der Waals surface area contributed by atoms with Gasteiger partial charge in [-0.1, -0.05) is 193 Å². The number of carbonyl (C=O) groups is 7. The van der Waals surface area contributed by atoms with Crippen molar-refractivity contribution in [2.75, 3.05) is 51.8 Å². The summed E-state index contributed by atoms with van der Waals surface area (Å²) in [5.74, 6) is -2.85. The first kappa shape index (κ1) is 76.6. The molecule has 3 atom stereocenters. The van der Waals surface area contributed by atoms with Crippen LogP contribution in [0.1, 0.15) is 260 Å². The summed E-state index contributed by atoms with van der Waals surface area (Å²) in [5.41, 5.74) is 3.36. The van der Waals surface area contributed by atoms with Crippen LogP contribution in [-0.4, -0.2) is 130 Å². The maximum absolute atomic E-state index is 13.7. The molecule has 3 aromatic rings. The third kappa shape index (κ3) is 34.0. The van der Waals surface area contributed by atoms with Crippen molar-refractivity contribution in [2.24, 2.45) is 0 Å². The number of anilines is 1. The summed E-state index contributed by atoms with van der Waals surface area (Å²) in [6.45, 7) is 4.15. The minimum Gasteiger partial charge on any atom is -0.481 e. The number of hydrogen-bond acceptors (Lipinski definition) is 14. The lowest BCUT2D eigenvalue weighted by atomic mass is 10.0. The van der Waals surface area contributed by atoms with Crippen LogP contribution < -0.4 is 16.0 Å². The Hall–Kier alpha value is -5.89. The number of nitrogens with one attached hydrogen (secondary N) is 4. The second-order valence-electron chi connectivity index (χ2n) is 24.3. The molecule has 0 radical (unpaired) electrons. The minimum atomic E-state index is -4.70. The molecule has 506 valence electrons. The smallest absolute Gasteiger partial charge is 0.472 e. The molecule has 0 spiro atoms. The number of carboxylic acid groups (broad SMARTS) is 1. The number of amides is 4. The largest absolute Gasteiger partial charge is 0.481 e. The molecule has 22 heteroatoms. The molecule has 0 saturated heterocycles. The number of unbranched alkanes of at least 4 members (excludes halogenated alkanes) is 27. The quantitative estimate of drug-likeness (QED) is 0.0174. The number of esters is 2. The van der Waals surface area contributed by atoms with Crippen molar-refractivity contribution in [3.05, 3.63) is 59.4 Å². The normalized spacial score (nSPS) is 14.1. The minimum absolute atomic E-state index is 0.0906. The maximum atomic E-state index is 13.7. The number of H-pyrrole nitrogens is 1. The van der Waals surface area contributed by atoms with Crippen molar-refractivity contribution >= 4 is 66.1 Å². The first-order valence-corrected chi connectivity index (χ1v) is 35.7. The van der Waals surface area contributed by atoms with E-state index < -0.39 is 63.4 Å². The van der Waals surface area contributed by atoms with Crippen LogP contribution in [0.15, 0.2) is 42.5 Å². The zero-order valence-corrected chi connectivity index (χ0v) is 55.6. The molecule has 4 amide bonds. The van der Waals surface area contributed by atoms with E-state index in [0.29, 0.717) is 67.8 Å². The average Bonchev–Trinajstić information content (AvgIpc) is 1.79. The van der Waals surface area contributed by atoms with Gasteiger partial charge >= 0.3 is 25.7 Å². The molecule has 0 bridgehead atoms. The van der Waals surface area contributed by atoms with E-state index in [1.807, 2.05) is 24.3 Å². The number of fused-ring (bicyclic) bond motifs is 2. The van der Waals surface area contributed by atoms with E-state index in [1.165, 1.54) is 116 Å². The van der Waals surface area contributed by atoms with Crippen molar-refractivity contribution < 1.29 is 66.6 Å². The van der Waals surface area contributed by atoms with Gasteiger partial charge < -0.3 is 50.2 Å². The Morgan fingerprint density at radius 2 is 1.20 bits per heavy atom. The molecule has 1 aromatic heterocycles. The van der Waals surface area contributed by atoms with E-state index in [-0.39, 0.29) is 69.6 Å². The lowest BCUT2D eigenvalue weighted by Crippen LogP contribution is -2.42. The number of hydrogen-bond donors (Lipinski definition) is 6. The SMILES string of the molecule is CCCCCCCCCCCCCCCC(=O)OC[C@H](COP(=O)(O)OCCNC(=O)CCC(=O)NCCCCCCN1Cc2cc(C(=O)N(C)Cc3nc4ccccc4[nH]3)ccc2N[C@H](CC(=O)O)C1=O)OC(=O)CCCCCCCCCCCCCCC. The van der Waals surface area contributed by atoms with Gasteiger partial charge in [0.2, 0.25) is 17.7 Å². The van der Waals surface area contributed by atoms with E-state index in [4.69, 9.17) is 18.5 Å². The Morgan fingerprint density at radius 1 is 0.667 bits per heavy atom. The molecule has 4 rings (SSSR count). The van der Waals surface area contributed by atoms with Gasteiger partial charge in [0, 0.05) is 70.2 Å². The molecule has 1 aliphatic heterocycles. The summed E-state index contributed by atoms with van der Waals surface area (Å²) in [6, 6.07) is 11.7. The number of carbonyl (C=O) groups excluding carboxylic acids is 6. The molecule has 0 fully saturated rings. The van der Waals surface area contributed by atoms with Crippen molar-refractivity contribution in [2.45, 2.75) is 264 Å². The predicted molar refractivity (Wildman–Crippen MR) is 350 cm³/mol. The number of aromatic amines is 1. The van der Waals surface area contributed by atoms with Crippen molar-refractivity contribution in [1.29, 1.82) is 0 Å². The third-order valence-corrected chi connectivity index (χ3v) is 17.2. The van der Waals surface area contributed by atoms with Crippen LogP contribution >= 0.6 is 7.82 Å². The summed E-state index contributed by atoms with van der Waals surface area (Å²) >= 11 is 0. The predicted octanol–water partition coefficient (Wildman–Crippen LogP) is 13.6. The van der Waals surface area contributed by atoms with E-state index in [9.17, 15) is 48.1 Å². The molecule has 2 heterocycles. The van der Waals surface area contributed by atoms with Crippen LogP contribution in [0, 0.1) is 0 Å². The van der Waals surface area contributed by atoms with Gasteiger partial charge in [-0.3, -0.25) is 42.6 Å². The molecular weight excluding hydrogens is 1170 g/mol. The molecular formula is C68H110N7O14P. The number of nitrogens with zero attached hydrogens (tertiary/aromatic N) is 3. The number of aromatic nitrogens is 2. The fraction of sp³-hybridized carbons (Fsp3) is 0.706. The average molecular weight is 1280 g/mol. The van der Waals surface area contributed by atoms with Crippen LogP contribution in [0.3, 0.4) is 0 Å². The van der Waals surface area contributed by atoms with Crippen molar-refractivity contribution in [1.82, 2.24) is 30.4 Å². The fourth-order valence-corrected chi connectivity index (χ4v) is 11.8. The number of aliphatic carboxylic acids is 1. The molecule has 1 aliphatic rings. The number of para-hydroxylation sites is 2. The molecule has 2 aromatic carbocycles. The van der Waals surface area contributed by atoms with Crippen LogP contribution in [0.2, 0.25) is 0 Å². The Labute approximate surface area is 536 Å². The molecule has 1 unspecified atom stereocenters. The summed E-state index contributed by atoms with van der Waals surface area (Å²) in [4.78, 5) is 111. The van der Waals surface area contributed by atoms with Gasteiger partial charge in [-0.05, 0) is 61.6 Å². The second kappa shape index (κ2) is 46.2. The standard InChI is InChI=1S/C68H110N7O14P/c1-4-6-8-10-12-14-16-18-20-22-24-26-30-38-65(80)86-52-56(89-66(81)39-31-27-25-23-21-19-17-15-13-11-9-7-5-2)53-88-90(84,85)87-47-45-70-63(77)43-42-62(76)69-44-34-28-29-35-46-75-50-55-48-54(40-41-57(55)71-60(68(75)83)49-64(78)79)67(82)74(3)51-61-72-58-36-32-33-37-59(58)73-61/h32-33,36-37,40-41,48,56,60,71H,4-31,34-35,38-39,42-47,49-53H2,1-3H3,(H,69,76)(H,70,77)(H,72,73)(H,78,79)(H,84,85)/t56-,60-/m1/s1. The lowest BCUT2D eigenvalue weighted by Gasteiger charge is -2.24. The second-order valence-corrected chi connectivity index (χ2v) is 25.7. The van der Waals surface area contributed by atoms with Gasteiger partial charge in [-0.2, -0.15) is 0 Å². The zero-order valence-electron chi connectivity index (χ0n) is 54.7. The Bertz CT molecular complexity index is 2590. The number of imidazole rings is 1. The van der Waals surface area contributed by atoms with Gasteiger partial charge in [0.25, 0.3) is 5.91 Å². The Kier molecular flexibility index (Phi) is 39.3. The Morgan fingerprint density at radius 3 is 1.78 bits per heavy atom. The first-order chi connectivity index (χ1) is 43.6. The van der Waals surface area contributed by atoms with E-state index >= 15 is 0 Å². The number of carboxylic acids is 1. The number of phosphoric acid groups is 1. The number of ether oxygens (including phenoxy) is 2. The Balaban J connectivity index is 1.10. The molecule has 21 nitrogen and oxygen atoms in total. The third-order valence-electron chi connectivity index (χ3n) is 16.3. The van der Waals surface area contributed by atoms with Crippen LogP contribution in [0.4, 0.5) is 5.69 Å². The highest BCUT2D eigenvalue weighted by Gasteiger charge is 2.32. The lowest BCUT2D eigenvalue weighted by molar-refractivity contribution is -0.161. The van der Waals surface area contributed by atoms with Crippen LogP contribution in [0.25, 0.3) is 11.0 Å². The molecule has 6 N–H and O–H groups in total. The van der Waals surface area contributed by atoms with Gasteiger partial charge in [-0.25, -0.2) is 9.55 Å². The highest BCUT2D eigenvalue weighted by Crippen LogP contribution is 2.43. The number of phosphoric ester groups is 1. The van der Waals surface area contributed by atoms with Gasteiger partial charge in [0.1, 0.15) is 18.5 Å². The molecule has 90 heavy (non-hydrogen) atoms. The highest BCUT2D eigenvalue weighted by atomic mass is 31.2. The number of benzene rings is 2. The van der Waals surface area contributed by atoms with Crippen molar-refractivity contribution in [3.8, 4) is 0 Å². The number of rotatable bonds is 53. The molecule has 0 aliphatic carbocycles. The van der Waals surface area contributed by atoms with E-state index in [2.05, 4.69) is 39.8 Å². The summed E-state index contributed by atoms with van der Waals surface area (Å²) < 4.78 is 34.2. The topological polar surface area (TPSA) is 285 Å². The van der Waals surface area contributed by atoms with Crippen LogP contribution in [0.5, 0.6) is 0 Å². The maximum Gasteiger partial charge on any atom is 0.472 e. The molecule has 0 saturated carbocycles. The van der Waals surface area contributed by atoms with Gasteiger partial charge in [0.05, 0.1) is 37.2 Å². The van der Waals surface area contributed by atoms with Gasteiger partial charge in [-0.15, -0.1) is 0 Å². The zero-order chi connectivity index (χ0) is 65.0. The van der Waals surface area contributed by atoms with Crippen LogP contribution in [-0.2, 0) is 64.9 Å². The fourth-order valence-electron chi connectivity index (χ4n) is 11.0. The first-order valence-electron chi connectivity index (χ1n) is 34.2. The summed E-state index contributed by atoms with van der Waals surface area (Å²) in [5, 5.41) is 18.1.